The van der Waals surface area contributed by atoms with Crippen LogP contribution in [-0.2, 0) is 0 Å². The van der Waals surface area contributed by atoms with E-state index in [1.54, 1.807) is 30.5 Å². The first-order valence-corrected chi connectivity index (χ1v) is 4.46. The lowest BCUT2D eigenvalue weighted by atomic mass is 10.4. The Kier molecular flexibility index (Phi) is 1.53. The third-order valence-electron chi connectivity index (χ3n) is 2.18. The van der Waals surface area contributed by atoms with Gasteiger partial charge in [-0.05, 0) is 18.2 Å². The molecular weight excluding hydrogens is 194 g/mol. The molecular formula is C10H7N3O2. The standard InChI is InChI=1S/C10H7N3O2/c14-9-5-1-4-8-11-12-10(13(8)9)7-3-2-6-15-7/h1-6,11H. The smallest absolute Gasteiger partial charge is 0.258 e. The predicted molar refractivity (Wildman–Crippen MR) is 53.5 cm³/mol. The summed E-state index contributed by atoms with van der Waals surface area (Å²) in [6, 6.07) is 8.45. The quantitative estimate of drug-likeness (QED) is 0.645. The molecule has 0 aliphatic carbocycles. The second kappa shape index (κ2) is 2.84. The molecule has 0 bridgehead atoms. The zero-order chi connectivity index (χ0) is 10.3. The number of furan rings is 1. The highest BCUT2D eigenvalue weighted by Crippen LogP contribution is 2.16. The van der Waals surface area contributed by atoms with Crippen LogP contribution in [0.2, 0.25) is 0 Å². The van der Waals surface area contributed by atoms with E-state index in [9.17, 15) is 4.79 Å². The Morgan fingerprint density at radius 1 is 1.27 bits per heavy atom. The molecule has 0 spiro atoms. The molecule has 0 aromatic carbocycles. The van der Waals surface area contributed by atoms with Gasteiger partial charge in [0.15, 0.2) is 5.76 Å². The first-order valence-electron chi connectivity index (χ1n) is 4.46. The molecule has 74 valence electrons. The van der Waals surface area contributed by atoms with Crippen molar-refractivity contribution < 1.29 is 4.42 Å². The summed E-state index contributed by atoms with van der Waals surface area (Å²) in [5, 5.41) is 6.81. The molecule has 0 unspecified atom stereocenters. The Morgan fingerprint density at radius 2 is 2.20 bits per heavy atom. The minimum absolute atomic E-state index is 0.132. The fourth-order valence-corrected chi connectivity index (χ4v) is 1.53. The fourth-order valence-electron chi connectivity index (χ4n) is 1.53. The number of aromatic amines is 1. The molecule has 3 rings (SSSR count). The zero-order valence-electron chi connectivity index (χ0n) is 7.68. The van der Waals surface area contributed by atoms with Crippen molar-refractivity contribution in [2.45, 2.75) is 0 Å². The average molecular weight is 201 g/mol. The summed E-state index contributed by atoms with van der Waals surface area (Å²) in [6.07, 6.45) is 1.55. The first-order chi connectivity index (χ1) is 7.36. The molecule has 0 saturated heterocycles. The molecule has 3 aromatic rings. The highest BCUT2D eigenvalue weighted by atomic mass is 16.3. The van der Waals surface area contributed by atoms with E-state index in [1.807, 2.05) is 0 Å². The van der Waals surface area contributed by atoms with Crippen LogP contribution in [0.15, 0.2) is 45.8 Å². The molecule has 5 nitrogen and oxygen atoms in total. The van der Waals surface area contributed by atoms with Crippen molar-refractivity contribution in [3.63, 3.8) is 0 Å². The van der Waals surface area contributed by atoms with Crippen molar-refractivity contribution in [3.05, 3.63) is 46.9 Å². The van der Waals surface area contributed by atoms with Crippen LogP contribution in [0.25, 0.3) is 17.2 Å². The molecule has 3 aromatic heterocycles. The summed E-state index contributed by atoms with van der Waals surface area (Å²) in [5.74, 6) is 1.05. The van der Waals surface area contributed by atoms with E-state index in [2.05, 4.69) is 10.2 Å². The predicted octanol–water partition coefficient (Wildman–Crippen LogP) is 1.28. The largest absolute Gasteiger partial charge is 0.461 e. The highest BCUT2D eigenvalue weighted by Gasteiger charge is 2.10. The highest BCUT2D eigenvalue weighted by molar-refractivity contribution is 5.53. The molecule has 0 atom stereocenters. The Hall–Kier alpha value is -2.30. The van der Waals surface area contributed by atoms with Gasteiger partial charge in [-0.2, -0.15) is 5.10 Å². The van der Waals surface area contributed by atoms with E-state index in [-0.39, 0.29) is 5.56 Å². The zero-order valence-corrected chi connectivity index (χ0v) is 7.68. The Balaban J connectivity index is 2.43. The van der Waals surface area contributed by atoms with Crippen LogP contribution in [-0.4, -0.2) is 14.6 Å². The number of rotatable bonds is 1. The lowest BCUT2D eigenvalue weighted by Gasteiger charge is -1.93. The number of pyridine rings is 1. The lowest BCUT2D eigenvalue weighted by molar-refractivity contribution is 0.576. The van der Waals surface area contributed by atoms with Crippen molar-refractivity contribution in [1.82, 2.24) is 14.6 Å². The number of nitrogens with one attached hydrogen (secondary N) is 1. The summed E-state index contributed by atoms with van der Waals surface area (Å²) in [4.78, 5) is 11.6. The van der Waals surface area contributed by atoms with Crippen molar-refractivity contribution >= 4 is 5.65 Å². The minimum Gasteiger partial charge on any atom is -0.461 e. The SMILES string of the molecule is O=c1cccc2[nH]nc(-c3ccco3)n12. The van der Waals surface area contributed by atoms with Gasteiger partial charge in [0.25, 0.3) is 5.56 Å². The van der Waals surface area contributed by atoms with Gasteiger partial charge in [0.05, 0.1) is 6.26 Å². The number of hydrogen-bond donors (Lipinski definition) is 1. The van der Waals surface area contributed by atoms with Crippen LogP contribution in [0.4, 0.5) is 0 Å². The van der Waals surface area contributed by atoms with Gasteiger partial charge in [0.2, 0.25) is 5.82 Å². The van der Waals surface area contributed by atoms with Gasteiger partial charge in [-0.15, -0.1) is 0 Å². The fraction of sp³-hybridized carbons (Fsp3) is 0. The van der Waals surface area contributed by atoms with Crippen molar-refractivity contribution in [2.24, 2.45) is 0 Å². The molecule has 0 aliphatic rings. The summed E-state index contributed by atoms with van der Waals surface area (Å²) >= 11 is 0. The summed E-state index contributed by atoms with van der Waals surface area (Å²) in [6.45, 7) is 0. The van der Waals surface area contributed by atoms with E-state index in [1.165, 1.54) is 10.5 Å². The average Bonchev–Trinajstić information content (AvgIpc) is 2.85. The molecule has 0 saturated carbocycles. The van der Waals surface area contributed by atoms with E-state index in [0.29, 0.717) is 17.2 Å². The molecule has 0 aliphatic heterocycles. The number of H-pyrrole nitrogens is 1. The minimum atomic E-state index is -0.132. The van der Waals surface area contributed by atoms with Crippen LogP contribution in [0.3, 0.4) is 0 Å². The topological polar surface area (TPSA) is 63.3 Å². The summed E-state index contributed by atoms with van der Waals surface area (Å²) < 4.78 is 6.67. The van der Waals surface area contributed by atoms with Crippen molar-refractivity contribution in [1.29, 1.82) is 0 Å². The van der Waals surface area contributed by atoms with Gasteiger partial charge in [-0.3, -0.25) is 9.89 Å². The van der Waals surface area contributed by atoms with Crippen LogP contribution >= 0.6 is 0 Å². The van der Waals surface area contributed by atoms with Crippen molar-refractivity contribution in [3.8, 4) is 11.6 Å². The van der Waals surface area contributed by atoms with Crippen molar-refractivity contribution in [2.75, 3.05) is 0 Å². The third kappa shape index (κ3) is 1.10. The lowest BCUT2D eigenvalue weighted by Crippen LogP contribution is -2.10. The second-order valence-corrected chi connectivity index (χ2v) is 3.11. The Morgan fingerprint density at radius 3 is 3.00 bits per heavy atom. The third-order valence-corrected chi connectivity index (χ3v) is 2.18. The normalized spacial score (nSPS) is 10.9. The van der Waals surface area contributed by atoms with E-state index < -0.39 is 0 Å². The maximum atomic E-state index is 11.6. The van der Waals surface area contributed by atoms with E-state index >= 15 is 0 Å². The monoisotopic (exact) mass is 201 g/mol. The van der Waals surface area contributed by atoms with Gasteiger partial charge >= 0.3 is 0 Å². The van der Waals surface area contributed by atoms with E-state index in [4.69, 9.17) is 4.42 Å². The van der Waals surface area contributed by atoms with E-state index in [0.717, 1.165) is 0 Å². The number of hydrogen-bond acceptors (Lipinski definition) is 3. The first kappa shape index (κ1) is 8.05. The number of nitrogens with zero attached hydrogens (tertiary/aromatic N) is 2. The van der Waals surface area contributed by atoms with Gasteiger partial charge < -0.3 is 4.42 Å². The number of fused-ring (bicyclic) bond motifs is 1. The summed E-state index contributed by atoms with van der Waals surface area (Å²) in [7, 11) is 0. The summed E-state index contributed by atoms with van der Waals surface area (Å²) in [5.41, 5.74) is 0.515. The van der Waals surface area contributed by atoms with Gasteiger partial charge in [-0.25, -0.2) is 4.40 Å². The molecule has 5 heteroatoms. The second-order valence-electron chi connectivity index (χ2n) is 3.11. The molecule has 0 amide bonds. The van der Waals surface area contributed by atoms with Crippen LogP contribution in [0, 0.1) is 0 Å². The maximum Gasteiger partial charge on any atom is 0.258 e. The van der Waals surface area contributed by atoms with Crippen LogP contribution in [0.5, 0.6) is 0 Å². The van der Waals surface area contributed by atoms with Crippen LogP contribution < -0.4 is 5.56 Å². The molecule has 3 heterocycles. The van der Waals surface area contributed by atoms with Gasteiger partial charge in [0, 0.05) is 6.07 Å². The Bertz CT molecular complexity index is 649. The molecule has 15 heavy (non-hydrogen) atoms. The molecule has 0 radical (unpaired) electrons. The molecule has 0 fully saturated rings. The maximum absolute atomic E-state index is 11.6. The van der Waals surface area contributed by atoms with Crippen LogP contribution in [0.1, 0.15) is 0 Å². The Labute approximate surface area is 84.0 Å². The molecule has 1 N–H and O–H groups in total. The van der Waals surface area contributed by atoms with Gasteiger partial charge in [-0.1, -0.05) is 6.07 Å². The number of aromatic nitrogens is 3. The van der Waals surface area contributed by atoms with Gasteiger partial charge in [0.1, 0.15) is 5.65 Å².